The summed E-state index contributed by atoms with van der Waals surface area (Å²) in [6, 6.07) is 4.38. The Kier molecular flexibility index (Phi) is 3.68. The van der Waals surface area contributed by atoms with Crippen LogP contribution in [0.25, 0.3) is 0 Å². The number of aromatic nitrogens is 1. The maximum Gasteiger partial charge on any atom is 0.0459 e. The van der Waals surface area contributed by atoms with Gasteiger partial charge < -0.3 is 0 Å². The van der Waals surface area contributed by atoms with Crippen molar-refractivity contribution in [1.29, 1.82) is 0 Å². The zero-order valence-corrected chi connectivity index (χ0v) is 9.80. The molecule has 1 heteroatoms. The van der Waals surface area contributed by atoms with Crippen LogP contribution in [0.15, 0.2) is 18.3 Å². The Morgan fingerprint density at radius 2 is 2.00 bits per heavy atom. The molecule has 1 aromatic heterocycles. The summed E-state index contributed by atoms with van der Waals surface area (Å²) in [5, 5.41) is 0. The van der Waals surface area contributed by atoms with Crippen molar-refractivity contribution in [3.8, 4) is 0 Å². The van der Waals surface area contributed by atoms with Crippen molar-refractivity contribution in [1.82, 2.24) is 4.98 Å². The second kappa shape index (κ2) is 4.59. The van der Waals surface area contributed by atoms with Crippen LogP contribution in [0.3, 0.4) is 0 Å². The van der Waals surface area contributed by atoms with Crippen molar-refractivity contribution >= 4 is 0 Å². The summed E-state index contributed by atoms with van der Waals surface area (Å²) in [7, 11) is 0. The van der Waals surface area contributed by atoms with Crippen LogP contribution in [0, 0.1) is 0 Å². The van der Waals surface area contributed by atoms with E-state index in [1.807, 2.05) is 6.20 Å². The van der Waals surface area contributed by atoms with E-state index < -0.39 is 0 Å². The van der Waals surface area contributed by atoms with Crippen LogP contribution in [-0.2, 0) is 11.8 Å². The molecule has 1 aromatic rings. The van der Waals surface area contributed by atoms with Crippen LogP contribution in [0.1, 0.15) is 51.8 Å². The van der Waals surface area contributed by atoms with Crippen molar-refractivity contribution in [2.75, 3.05) is 0 Å². The highest BCUT2D eigenvalue weighted by atomic mass is 14.7. The first-order valence-corrected chi connectivity index (χ1v) is 5.49. The molecule has 0 fully saturated rings. The largest absolute Gasteiger partial charge is 0.261 e. The lowest BCUT2D eigenvalue weighted by Crippen LogP contribution is -2.13. The van der Waals surface area contributed by atoms with Gasteiger partial charge in [0, 0.05) is 17.3 Å². The number of rotatable bonds is 3. The molecule has 0 aliphatic rings. The van der Waals surface area contributed by atoms with E-state index in [1.165, 1.54) is 30.5 Å². The average molecular weight is 191 g/mol. The van der Waals surface area contributed by atoms with E-state index in [0.29, 0.717) is 0 Å². The lowest BCUT2D eigenvalue weighted by atomic mass is 9.90. The molecule has 0 N–H and O–H groups in total. The minimum Gasteiger partial charge on any atom is -0.261 e. The molecule has 0 amide bonds. The zero-order valence-electron chi connectivity index (χ0n) is 9.80. The van der Waals surface area contributed by atoms with Crippen LogP contribution in [0.2, 0.25) is 0 Å². The first-order chi connectivity index (χ1) is 6.54. The van der Waals surface area contributed by atoms with Gasteiger partial charge in [-0.05, 0) is 30.5 Å². The Bertz CT molecular complexity index is 284. The Labute approximate surface area is 87.6 Å². The van der Waals surface area contributed by atoms with E-state index in [-0.39, 0.29) is 5.41 Å². The van der Waals surface area contributed by atoms with Crippen LogP contribution in [0.5, 0.6) is 0 Å². The summed E-state index contributed by atoms with van der Waals surface area (Å²) in [4.78, 5) is 4.42. The van der Waals surface area contributed by atoms with Gasteiger partial charge in [0.2, 0.25) is 0 Å². The van der Waals surface area contributed by atoms with Gasteiger partial charge in [0.1, 0.15) is 0 Å². The first kappa shape index (κ1) is 11.2. The number of aryl methyl sites for hydroxylation is 1. The molecule has 0 spiro atoms. The maximum atomic E-state index is 4.42. The molecule has 0 aromatic carbocycles. The van der Waals surface area contributed by atoms with Crippen molar-refractivity contribution in [2.45, 2.75) is 52.4 Å². The minimum absolute atomic E-state index is 0.169. The number of nitrogens with zero attached hydrogens (tertiary/aromatic N) is 1. The number of pyridine rings is 1. The van der Waals surface area contributed by atoms with Crippen LogP contribution >= 0.6 is 0 Å². The Hall–Kier alpha value is -0.850. The molecule has 0 unspecified atom stereocenters. The van der Waals surface area contributed by atoms with E-state index in [1.54, 1.807) is 0 Å². The van der Waals surface area contributed by atoms with Gasteiger partial charge in [0.25, 0.3) is 0 Å². The monoisotopic (exact) mass is 191 g/mol. The summed E-state index contributed by atoms with van der Waals surface area (Å²) >= 11 is 0. The highest BCUT2D eigenvalue weighted by Gasteiger charge is 2.14. The number of hydrogen-bond donors (Lipinski definition) is 0. The average Bonchev–Trinajstić information content (AvgIpc) is 2.14. The van der Waals surface area contributed by atoms with Crippen LogP contribution in [-0.4, -0.2) is 4.98 Å². The molecule has 1 nitrogen and oxygen atoms in total. The van der Waals surface area contributed by atoms with E-state index in [4.69, 9.17) is 0 Å². The third-order valence-electron chi connectivity index (χ3n) is 2.41. The molecule has 0 saturated carbocycles. The van der Waals surface area contributed by atoms with Gasteiger partial charge in [0.15, 0.2) is 0 Å². The van der Waals surface area contributed by atoms with Crippen LogP contribution < -0.4 is 0 Å². The molecular formula is C13H21N. The second-order valence-corrected chi connectivity index (χ2v) is 4.90. The van der Waals surface area contributed by atoms with Gasteiger partial charge in [-0.1, -0.05) is 34.1 Å². The van der Waals surface area contributed by atoms with Gasteiger partial charge in [-0.2, -0.15) is 0 Å². The van der Waals surface area contributed by atoms with Crippen molar-refractivity contribution < 1.29 is 0 Å². The fraction of sp³-hybridized carbons (Fsp3) is 0.615. The molecule has 0 saturated heterocycles. The molecule has 0 bridgehead atoms. The van der Waals surface area contributed by atoms with Gasteiger partial charge in [-0.25, -0.2) is 0 Å². The number of hydrogen-bond acceptors (Lipinski definition) is 1. The molecule has 14 heavy (non-hydrogen) atoms. The first-order valence-electron chi connectivity index (χ1n) is 5.49. The second-order valence-electron chi connectivity index (χ2n) is 4.90. The Balaban J connectivity index is 2.79. The Morgan fingerprint density at radius 1 is 1.29 bits per heavy atom. The standard InChI is InChI=1S/C13H21N/c1-5-6-7-11-8-9-14-12(10-11)13(2,3)4/h8-10H,5-7H2,1-4H3. The normalized spacial score (nSPS) is 11.7. The lowest BCUT2D eigenvalue weighted by Gasteiger charge is -2.18. The van der Waals surface area contributed by atoms with Gasteiger partial charge in [-0.15, -0.1) is 0 Å². The van der Waals surface area contributed by atoms with Gasteiger partial charge >= 0.3 is 0 Å². The summed E-state index contributed by atoms with van der Waals surface area (Å²) in [5.41, 5.74) is 2.79. The predicted molar refractivity (Wildman–Crippen MR) is 61.5 cm³/mol. The SMILES string of the molecule is CCCCc1ccnc(C(C)(C)C)c1. The van der Waals surface area contributed by atoms with E-state index >= 15 is 0 Å². The molecule has 0 atom stereocenters. The quantitative estimate of drug-likeness (QED) is 0.709. The highest BCUT2D eigenvalue weighted by Crippen LogP contribution is 2.20. The fourth-order valence-electron chi connectivity index (χ4n) is 1.42. The maximum absolute atomic E-state index is 4.42. The predicted octanol–water partition coefficient (Wildman–Crippen LogP) is 3.72. The molecule has 1 rings (SSSR count). The topological polar surface area (TPSA) is 12.9 Å². The van der Waals surface area contributed by atoms with E-state index in [0.717, 1.165) is 0 Å². The number of unbranched alkanes of at least 4 members (excludes halogenated alkanes) is 1. The Morgan fingerprint density at radius 3 is 2.57 bits per heavy atom. The molecule has 0 aliphatic carbocycles. The van der Waals surface area contributed by atoms with Crippen LogP contribution in [0.4, 0.5) is 0 Å². The molecular weight excluding hydrogens is 170 g/mol. The summed E-state index contributed by atoms with van der Waals surface area (Å²) in [6.45, 7) is 8.85. The van der Waals surface area contributed by atoms with Crippen molar-refractivity contribution in [3.63, 3.8) is 0 Å². The molecule has 0 aliphatic heterocycles. The summed E-state index contributed by atoms with van der Waals surface area (Å²) in [6.07, 6.45) is 5.65. The smallest absolute Gasteiger partial charge is 0.0459 e. The molecule has 1 heterocycles. The van der Waals surface area contributed by atoms with Crippen molar-refractivity contribution in [2.24, 2.45) is 0 Å². The summed E-state index contributed by atoms with van der Waals surface area (Å²) < 4.78 is 0. The minimum atomic E-state index is 0.169. The van der Waals surface area contributed by atoms with Crippen molar-refractivity contribution in [3.05, 3.63) is 29.6 Å². The van der Waals surface area contributed by atoms with Gasteiger partial charge in [-0.3, -0.25) is 4.98 Å². The lowest BCUT2D eigenvalue weighted by molar-refractivity contribution is 0.567. The third-order valence-corrected chi connectivity index (χ3v) is 2.41. The van der Waals surface area contributed by atoms with E-state index in [2.05, 4.69) is 44.8 Å². The summed E-state index contributed by atoms with van der Waals surface area (Å²) in [5.74, 6) is 0. The fourth-order valence-corrected chi connectivity index (χ4v) is 1.42. The van der Waals surface area contributed by atoms with Gasteiger partial charge in [0.05, 0.1) is 0 Å². The molecule has 78 valence electrons. The highest BCUT2D eigenvalue weighted by molar-refractivity contribution is 5.21. The zero-order chi connectivity index (χ0) is 10.6. The molecule has 0 radical (unpaired) electrons. The van der Waals surface area contributed by atoms with E-state index in [9.17, 15) is 0 Å². The third kappa shape index (κ3) is 3.13.